The number of nitrogens with zero attached hydrogens (tertiary/aromatic N) is 1. The number of nitrogens with one attached hydrogen (secondary N) is 1. The molecule has 0 radical (unpaired) electrons. The number of piperidine rings is 1. The van der Waals surface area contributed by atoms with Crippen molar-refractivity contribution in [2.45, 2.75) is 24.3 Å². The number of carbonyl (C=O) groups excluding carboxylic acids is 1. The first-order valence-corrected chi connectivity index (χ1v) is 11.7. The van der Waals surface area contributed by atoms with Crippen molar-refractivity contribution < 1.29 is 19.0 Å². The molecule has 0 spiro atoms. The number of hydrogen-bond acceptors (Lipinski definition) is 6. The first-order chi connectivity index (χ1) is 15.1. The van der Waals surface area contributed by atoms with Crippen LogP contribution in [0.3, 0.4) is 0 Å². The molecule has 0 aromatic heterocycles. The average molecular weight is 445 g/mol. The molecular formula is C24H32N2O4S. The van der Waals surface area contributed by atoms with Crippen molar-refractivity contribution in [2.24, 2.45) is 5.92 Å². The second-order valence-electron chi connectivity index (χ2n) is 7.62. The lowest BCUT2D eigenvalue weighted by Gasteiger charge is -2.32. The summed E-state index contributed by atoms with van der Waals surface area (Å²) in [5, 5.41) is 3.08. The van der Waals surface area contributed by atoms with Crippen LogP contribution in [-0.4, -0.2) is 58.0 Å². The van der Waals surface area contributed by atoms with E-state index in [0.717, 1.165) is 32.5 Å². The molecule has 1 fully saturated rings. The van der Waals surface area contributed by atoms with Crippen LogP contribution in [0.15, 0.2) is 41.3 Å². The summed E-state index contributed by atoms with van der Waals surface area (Å²) >= 11 is 1.80. The van der Waals surface area contributed by atoms with Gasteiger partial charge in [-0.3, -0.25) is 9.69 Å². The SMILES string of the molecule is COc1ccc(C(=O)NCC2CCN(Cc3ccccc3SC)CC2)c(OC)c1OC. The molecule has 2 aromatic carbocycles. The van der Waals surface area contributed by atoms with E-state index < -0.39 is 0 Å². The van der Waals surface area contributed by atoms with Crippen molar-refractivity contribution in [1.82, 2.24) is 10.2 Å². The fourth-order valence-corrected chi connectivity index (χ4v) is 4.64. The number of carbonyl (C=O) groups is 1. The summed E-state index contributed by atoms with van der Waals surface area (Å²) in [6.07, 6.45) is 4.27. The standard InChI is InChI=1S/C24H32N2O4S/c1-28-20-10-9-19(22(29-2)23(20)30-3)24(27)25-15-17-11-13-26(14-12-17)16-18-7-5-6-8-21(18)31-4/h5-10,17H,11-16H2,1-4H3,(H,25,27). The molecule has 1 aliphatic heterocycles. The number of rotatable bonds is 9. The largest absolute Gasteiger partial charge is 0.493 e. The fraction of sp³-hybridized carbons (Fsp3) is 0.458. The zero-order valence-electron chi connectivity index (χ0n) is 18.8. The Morgan fingerprint density at radius 2 is 1.74 bits per heavy atom. The molecule has 168 valence electrons. The second-order valence-corrected chi connectivity index (χ2v) is 8.47. The molecule has 6 nitrogen and oxygen atoms in total. The Morgan fingerprint density at radius 3 is 2.39 bits per heavy atom. The van der Waals surface area contributed by atoms with Gasteiger partial charge >= 0.3 is 0 Å². The van der Waals surface area contributed by atoms with Gasteiger partial charge in [0.05, 0.1) is 26.9 Å². The summed E-state index contributed by atoms with van der Waals surface area (Å²) in [6, 6.07) is 12.0. The van der Waals surface area contributed by atoms with Crippen LogP contribution < -0.4 is 19.5 Å². The lowest BCUT2D eigenvalue weighted by atomic mass is 9.96. The topological polar surface area (TPSA) is 60.0 Å². The summed E-state index contributed by atoms with van der Waals surface area (Å²) in [5.41, 5.74) is 1.84. The average Bonchev–Trinajstić information content (AvgIpc) is 2.82. The van der Waals surface area contributed by atoms with E-state index in [1.807, 2.05) is 0 Å². The summed E-state index contributed by atoms with van der Waals surface area (Å²) in [4.78, 5) is 16.7. The number of methoxy groups -OCH3 is 3. The van der Waals surface area contributed by atoms with Gasteiger partial charge in [-0.1, -0.05) is 18.2 Å². The predicted octanol–water partition coefficient (Wildman–Crippen LogP) is 4.08. The van der Waals surface area contributed by atoms with Crippen LogP contribution in [0.1, 0.15) is 28.8 Å². The Bertz CT molecular complexity index is 882. The second kappa shape index (κ2) is 11.3. The third kappa shape index (κ3) is 5.66. The summed E-state index contributed by atoms with van der Waals surface area (Å²) in [6.45, 7) is 3.73. The van der Waals surface area contributed by atoms with Gasteiger partial charge in [0.15, 0.2) is 11.5 Å². The molecule has 0 unspecified atom stereocenters. The van der Waals surface area contributed by atoms with Crippen LogP contribution in [0.2, 0.25) is 0 Å². The van der Waals surface area contributed by atoms with E-state index in [2.05, 4.69) is 40.7 Å². The highest BCUT2D eigenvalue weighted by atomic mass is 32.2. The Kier molecular flexibility index (Phi) is 8.49. The van der Waals surface area contributed by atoms with E-state index >= 15 is 0 Å². The Morgan fingerprint density at radius 1 is 1.03 bits per heavy atom. The molecule has 3 rings (SSSR count). The number of amides is 1. The number of hydrogen-bond donors (Lipinski definition) is 1. The van der Waals surface area contributed by atoms with Crippen molar-refractivity contribution in [1.29, 1.82) is 0 Å². The Hall–Kier alpha value is -2.38. The lowest BCUT2D eigenvalue weighted by Crippen LogP contribution is -2.38. The van der Waals surface area contributed by atoms with Crippen LogP contribution in [0.25, 0.3) is 0 Å². The molecule has 1 aliphatic rings. The van der Waals surface area contributed by atoms with Crippen LogP contribution in [0.4, 0.5) is 0 Å². The molecule has 0 atom stereocenters. The van der Waals surface area contributed by atoms with Gasteiger partial charge < -0.3 is 19.5 Å². The van der Waals surface area contributed by atoms with Crippen molar-refractivity contribution in [2.75, 3.05) is 47.2 Å². The minimum absolute atomic E-state index is 0.158. The molecule has 1 saturated heterocycles. The number of ether oxygens (including phenoxy) is 3. The zero-order chi connectivity index (χ0) is 22.2. The lowest BCUT2D eigenvalue weighted by molar-refractivity contribution is 0.0931. The van der Waals surface area contributed by atoms with E-state index in [1.54, 1.807) is 31.0 Å². The van der Waals surface area contributed by atoms with Crippen molar-refractivity contribution >= 4 is 17.7 Å². The molecule has 2 aromatic rings. The van der Waals surface area contributed by atoms with Gasteiger partial charge in [-0.2, -0.15) is 0 Å². The van der Waals surface area contributed by atoms with Crippen molar-refractivity contribution in [3.63, 3.8) is 0 Å². The van der Waals surface area contributed by atoms with Gasteiger partial charge in [0, 0.05) is 18.0 Å². The highest BCUT2D eigenvalue weighted by Gasteiger charge is 2.23. The number of likely N-dealkylation sites (tertiary alicyclic amines) is 1. The van der Waals surface area contributed by atoms with Crippen LogP contribution in [0.5, 0.6) is 17.2 Å². The molecule has 1 heterocycles. The van der Waals surface area contributed by atoms with Gasteiger partial charge in [-0.15, -0.1) is 11.8 Å². The fourth-order valence-electron chi connectivity index (χ4n) is 4.04. The monoisotopic (exact) mass is 444 g/mol. The molecular weight excluding hydrogens is 412 g/mol. The molecule has 1 N–H and O–H groups in total. The highest BCUT2D eigenvalue weighted by molar-refractivity contribution is 7.98. The minimum atomic E-state index is -0.158. The van der Waals surface area contributed by atoms with Gasteiger partial charge in [-0.05, 0) is 61.9 Å². The molecule has 0 bridgehead atoms. The molecule has 7 heteroatoms. The number of thioether (sulfide) groups is 1. The normalized spacial score (nSPS) is 14.8. The highest BCUT2D eigenvalue weighted by Crippen LogP contribution is 2.39. The molecule has 31 heavy (non-hydrogen) atoms. The van der Waals surface area contributed by atoms with E-state index in [-0.39, 0.29) is 5.91 Å². The van der Waals surface area contributed by atoms with Gasteiger partial charge in [0.25, 0.3) is 5.91 Å². The third-order valence-corrected chi connectivity index (χ3v) is 6.63. The summed E-state index contributed by atoms with van der Waals surface area (Å²) in [7, 11) is 4.62. The van der Waals surface area contributed by atoms with Crippen molar-refractivity contribution in [3.05, 3.63) is 47.5 Å². The van der Waals surface area contributed by atoms with E-state index in [4.69, 9.17) is 14.2 Å². The first-order valence-electron chi connectivity index (χ1n) is 10.5. The van der Waals surface area contributed by atoms with Gasteiger partial charge in [-0.25, -0.2) is 0 Å². The molecule has 0 saturated carbocycles. The third-order valence-electron chi connectivity index (χ3n) is 5.79. The van der Waals surface area contributed by atoms with Gasteiger partial charge in [0.1, 0.15) is 0 Å². The summed E-state index contributed by atoms with van der Waals surface area (Å²) in [5.74, 6) is 1.67. The Balaban J connectivity index is 1.53. The molecule has 0 aliphatic carbocycles. The van der Waals surface area contributed by atoms with E-state index in [9.17, 15) is 4.79 Å². The maximum atomic E-state index is 12.8. The molecule has 1 amide bonds. The van der Waals surface area contributed by atoms with Crippen LogP contribution in [-0.2, 0) is 6.54 Å². The van der Waals surface area contributed by atoms with Crippen LogP contribution in [0, 0.1) is 5.92 Å². The predicted molar refractivity (Wildman–Crippen MR) is 125 cm³/mol. The minimum Gasteiger partial charge on any atom is -0.493 e. The zero-order valence-corrected chi connectivity index (χ0v) is 19.6. The van der Waals surface area contributed by atoms with Gasteiger partial charge in [0.2, 0.25) is 5.75 Å². The van der Waals surface area contributed by atoms with E-state index in [0.29, 0.717) is 35.3 Å². The smallest absolute Gasteiger partial charge is 0.255 e. The summed E-state index contributed by atoms with van der Waals surface area (Å²) < 4.78 is 16.1. The number of benzene rings is 2. The van der Waals surface area contributed by atoms with Crippen molar-refractivity contribution in [3.8, 4) is 17.2 Å². The van der Waals surface area contributed by atoms with E-state index in [1.165, 1.54) is 24.7 Å². The quantitative estimate of drug-likeness (QED) is 0.588. The first kappa shape index (κ1) is 23.3. The Labute approximate surface area is 189 Å². The maximum Gasteiger partial charge on any atom is 0.255 e. The van der Waals surface area contributed by atoms with Crippen LogP contribution >= 0.6 is 11.8 Å². The maximum absolute atomic E-state index is 12.8.